The number of nitrogens with one attached hydrogen (secondary N) is 1. The Bertz CT molecular complexity index is 1210. The smallest absolute Gasteiger partial charge is 0.261 e. The maximum atomic E-state index is 13.3. The number of aromatic nitrogens is 1. The van der Waals surface area contributed by atoms with Gasteiger partial charge >= 0.3 is 0 Å². The van der Waals surface area contributed by atoms with Gasteiger partial charge in [-0.15, -0.1) is 0 Å². The number of fused-ring (bicyclic) bond motifs is 1. The van der Waals surface area contributed by atoms with E-state index < -0.39 is 11.8 Å². The third-order valence-electron chi connectivity index (χ3n) is 5.61. The number of methoxy groups -OCH3 is 1. The van der Waals surface area contributed by atoms with Gasteiger partial charge in [-0.1, -0.05) is 30.3 Å². The quantitative estimate of drug-likeness (QED) is 0.344. The highest BCUT2D eigenvalue weighted by atomic mass is 16.5. The molecule has 1 atom stereocenters. The molecule has 168 valence electrons. The fraction of sp³-hybridized carbons (Fsp3) is 0.200. The molecule has 0 fully saturated rings. The number of carbonyl (C=O) groups excluding carboxylic acids is 3. The highest BCUT2D eigenvalue weighted by Gasteiger charge is 2.37. The summed E-state index contributed by atoms with van der Waals surface area (Å²) in [5, 5.41) is 4.03. The predicted molar refractivity (Wildman–Crippen MR) is 123 cm³/mol. The summed E-state index contributed by atoms with van der Waals surface area (Å²) in [7, 11) is 3.43. The van der Waals surface area contributed by atoms with E-state index in [1.54, 1.807) is 43.5 Å². The number of hydrogen-bond donors (Lipinski definition) is 1. The molecule has 1 aliphatic heterocycles. The lowest BCUT2D eigenvalue weighted by Gasteiger charge is -2.31. The van der Waals surface area contributed by atoms with Crippen molar-refractivity contribution in [1.82, 2.24) is 14.9 Å². The first kappa shape index (κ1) is 22.0. The van der Waals surface area contributed by atoms with E-state index >= 15 is 0 Å². The van der Waals surface area contributed by atoms with Gasteiger partial charge in [-0.2, -0.15) is 5.10 Å². The van der Waals surface area contributed by atoms with E-state index in [0.717, 1.165) is 11.3 Å². The first-order valence-electron chi connectivity index (χ1n) is 10.5. The van der Waals surface area contributed by atoms with Crippen LogP contribution in [0.25, 0.3) is 0 Å². The molecule has 0 saturated carbocycles. The van der Waals surface area contributed by atoms with Crippen molar-refractivity contribution in [3.63, 3.8) is 0 Å². The second-order valence-electron chi connectivity index (χ2n) is 7.74. The van der Waals surface area contributed by atoms with E-state index in [1.807, 2.05) is 42.1 Å². The lowest BCUT2D eigenvalue weighted by atomic mass is 9.89. The zero-order valence-electron chi connectivity index (χ0n) is 18.4. The van der Waals surface area contributed by atoms with E-state index in [-0.39, 0.29) is 24.8 Å². The number of imide groups is 1. The molecule has 0 bridgehead atoms. The van der Waals surface area contributed by atoms with Gasteiger partial charge < -0.3 is 9.30 Å². The summed E-state index contributed by atoms with van der Waals surface area (Å²) in [4.78, 5) is 39.8. The van der Waals surface area contributed by atoms with Crippen molar-refractivity contribution < 1.29 is 19.1 Å². The Balaban J connectivity index is 1.53. The normalized spacial score (nSPS) is 15.6. The largest absolute Gasteiger partial charge is 0.497 e. The average Bonchev–Trinajstić information content (AvgIpc) is 3.23. The molecule has 2 heterocycles. The van der Waals surface area contributed by atoms with Crippen LogP contribution in [0.1, 0.15) is 33.1 Å². The van der Waals surface area contributed by atoms with Gasteiger partial charge in [-0.3, -0.25) is 19.3 Å². The van der Waals surface area contributed by atoms with E-state index in [4.69, 9.17) is 4.74 Å². The number of nitrogens with zero attached hydrogens (tertiary/aromatic N) is 3. The summed E-state index contributed by atoms with van der Waals surface area (Å²) in [6.45, 7) is 0.125. The van der Waals surface area contributed by atoms with Crippen molar-refractivity contribution in [3.05, 3.63) is 89.2 Å². The number of benzene rings is 2. The Morgan fingerprint density at radius 1 is 1.09 bits per heavy atom. The summed E-state index contributed by atoms with van der Waals surface area (Å²) < 4.78 is 7.02. The standard InChI is InChI=1S/C25H24N4O4/c1-28-13-5-6-18(28)14-23(30)27-26-15-22-20-7-3-4-8-21(20)24(31)29(25(22)32)16-17-9-11-19(33-2)12-10-17/h3-13,15,22H,14,16H2,1-2H3,(H,27,30). The van der Waals surface area contributed by atoms with E-state index in [1.165, 1.54) is 11.1 Å². The fourth-order valence-electron chi connectivity index (χ4n) is 3.78. The Kier molecular flexibility index (Phi) is 6.35. The molecule has 1 N–H and O–H groups in total. The molecule has 2 aromatic carbocycles. The highest BCUT2D eigenvalue weighted by Crippen LogP contribution is 2.29. The van der Waals surface area contributed by atoms with Crippen LogP contribution in [0.3, 0.4) is 0 Å². The van der Waals surface area contributed by atoms with Gasteiger partial charge in [0.1, 0.15) is 11.7 Å². The zero-order valence-corrected chi connectivity index (χ0v) is 18.4. The Hall–Kier alpha value is -4.20. The molecule has 0 spiro atoms. The van der Waals surface area contributed by atoms with Crippen LogP contribution in [0.5, 0.6) is 5.75 Å². The average molecular weight is 444 g/mol. The number of carbonyl (C=O) groups is 3. The molecule has 4 rings (SSSR count). The molecule has 8 heteroatoms. The van der Waals surface area contributed by atoms with Crippen LogP contribution in [0, 0.1) is 0 Å². The molecular formula is C25H24N4O4. The van der Waals surface area contributed by atoms with Crippen molar-refractivity contribution in [2.45, 2.75) is 18.9 Å². The van der Waals surface area contributed by atoms with Gasteiger partial charge in [-0.05, 0) is 41.5 Å². The molecule has 3 aromatic rings. The van der Waals surface area contributed by atoms with Crippen LogP contribution >= 0.6 is 0 Å². The predicted octanol–water partition coefficient (Wildman–Crippen LogP) is 2.64. The summed E-state index contributed by atoms with van der Waals surface area (Å²) in [5.74, 6) is -1.14. The summed E-state index contributed by atoms with van der Waals surface area (Å²) in [5.41, 5.74) is 5.13. The van der Waals surface area contributed by atoms with Crippen LogP contribution in [0.4, 0.5) is 0 Å². The molecule has 1 aliphatic rings. The van der Waals surface area contributed by atoms with Gasteiger partial charge in [0.25, 0.3) is 5.91 Å². The van der Waals surface area contributed by atoms with Crippen molar-refractivity contribution >= 4 is 23.9 Å². The molecule has 0 radical (unpaired) electrons. The maximum Gasteiger partial charge on any atom is 0.261 e. The van der Waals surface area contributed by atoms with Crippen LogP contribution in [0.2, 0.25) is 0 Å². The minimum Gasteiger partial charge on any atom is -0.497 e. The lowest BCUT2D eigenvalue weighted by molar-refractivity contribution is -0.129. The van der Waals surface area contributed by atoms with E-state index in [0.29, 0.717) is 16.9 Å². The minimum atomic E-state index is -0.785. The van der Waals surface area contributed by atoms with Crippen LogP contribution in [-0.2, 0) is 29.6 Å². The Morgan fingerprint density at radius 2 is 1.85 bits per heavy atom. The lowest BCUT2D eigenvalue weighted by Crippen LogP contribution is -2.44. The van der Waals surface area contributed by atoms with Crippen LogP contribution in [-0.4, -0.2) is 40.5 Å². The number of hydrogen-bond acceptors (Lipinski definition) is 5. The third kappa shape index (κ3) is 4.69. The van der Waals surface area contributed by atoms with E-state index in [9.17, 15) is 14.4 Å². The summed E-state index contributed by atoms with van der Waals surface area (Å²) in [6, 6.07) is 17.9. The number of aryl methyl sites for hydroxylation is 1. The van der Waals surface area contributed by atoms with Gasteiger partial charge in [0.2, 0.25) is 11.8 Å². The van der Waals surface area contributed by atoms with Gasteiger partial charge in [0.15, 0.2) is 0 Å². The third-order valence-corrected chi connectivity index (χ3v) is 5.61. The van der Waals surface area contributed by atoms with Crippen molar-refractivity contribution in [3.8, 4) is 5.75 Å². The van der Waals surface area contributed by atoms with Gasteiger partial charge in [0, 0.05) is 30.7 Å². The molecule has 1 unspecified atom stereocenters. The second kappa shape index (κ2) is 9.52. The number of rotatable bonds is 7. The minimum absolute atomic E-state index is 0.125. The molecule has 0 aliphatic carbocycles. The van der Waals surface area contributed by atoms with Crippen molar-refractivity contribution in [2.24, 2.45) is 12.1 Å². The maximum absolute atomic E-state index is 13.3. The monoisotopic (exact) mass is 444 g/mol. The molecule has 33 heavy (non-hydrogen) atoms. The van der Waals surface area contributed by atoms with Crippen molar-refractivity contribution in [2.75, 3.05) is 7.11 Å². The molecular weight excluding hydrogens is 420 g/mol. The molecule has 1 aromatic heterocycles. The second-order valence-corrected chi connectivity index (χ2v) is 7.74. The van der Waals surface area contributed by atoms with E-state index in [2.05, 4.69) is 10.5 Å². The summed E-state index contributed by atoms with van der Waals surface area (Å²) >= 11 is 0. The van der Waals surface area contributed by atoms with Gasteiger partial charge in [-0.25, -0.2) is 5.43 Å². The first-order valence-corrected chi connectivity index (χ1v) is 10.5. The Labute approximate surface area is 191 Å². The highest BCUT2D eigenvalue weighted by molar-refractivity contribution is 6.16. The van der Waals surface area contributed by atoms with Crippen LogP contribution in [0.15, 0.2) is 72.0 Å². The number of hydrazone groups is 1. The van der Waals surface area contributed by atoms with Gasteiger partial charge in [0.05, 0.1) is 20.1 Å². The topological polar surface area (TPSA) is 93.0 Å². The first-order chi connectivity index (χ1) is 16.0. The molecule has 0 saturated heterocycles. The SMILES string of the molecule is COc1ccc(CN2C(=O)c3ccccc3C(C=NNC(=O)Cc3cccn3C)C2=O)cc1. The molecule has 3 amide bonds. The summed E-state index contributed by atoms with van der Waals surface area (Å²) in [6.07, 6.45) is 3.41. The number of amides is 3. The van der Waals surface area contributed by atoms with Crippen LogP contribution < -0.4 is 10.2 Å². The zero-order chi connectivity index (χ0) is 23.4. The Morgan fingerprint density at radius 3 is 2.55 bits per heavy atom. The number of ether oxygens (including phenoxy) is 1. The fourth-order valence-corrected chi connectivity index (χ4v) is 3.78. The molecule has 8 nitrogen and oxygen atoms in total. The van der Waals surface area contributed by atoms with Crippen molar-refractivity contribution in [1.29, 1.82) is 0 Å².